The molecule has 10 heteroatoms. The summed E-state index contributed by atoms with van der Waals surface area (Å²) in [6.45, 7) is 8.28. The van der Waals surface area contributed by atoms with Gasteiger partial charge in [0.25, 0.3) is 0 Å². The Balaban J connectivity index is 1.72. The molecule has 0 unspecified atom stereocenters. The normalized spacial score (nSPS) is 10.9. The molecule has 3 heterocycles. The van der Waals surface area contributed by atoms with Gasteiger partial charge < -0.3 is 19.2 Å². The number of amides is 1. The monoisotopic (exact) mass is 473 g/mol. The second-order valence-corrected chi connectivity index (χ2v) is 9.28. The number of aryl methyl sites for hydroxylation is 2. The molecule has 0 radical (unpaired) electrons. The molecule has 1 amide bonds. The van der Waals surface area contributed by atoms with Crippen molar-refractivity contribution < 1.29 is 14.3 Å². The highest BCUT2D eigenvalue weighted by atomic mass is 32.2. The number of nitrogens with zero attached hydrogens (tertiary/aromatic N) is 4. The van der Waals surface area contributed by atoms with Crippen LogP contribution in [0, 0.1) is 6.92 Å². The molecule has 0 spiro atoms. The second kappa shape index (κ2) is 10.6. The van der Waals surface area contributed by atoms with Crippen LogP contribution in [0.5, 0.6) is 0 Å². The van der Waals surface area contributed by atoms with E-state index in [9.17, 15) is 9.59 Å². The van der Waals surface area contributed by atoms with Gasteiger partial charge in [0.15, 0.2) is 5.16 Å². The summed E-state index contributed by atoms with van der Waals surface area (Å²) in [6.07, 6.45) is 5.09. The Labute approximate surface area is 195 Å². The Morgan fingerprint density at radius 1 is 1.38 bits per heavy atom. The summed E-state index contributed by atoms with van der Waals surface area (Å²) in [6, 6.07) is 4.03. The van der Waals surface area contributed by atoms with Gasteiger partial charge in [-0.2, -0.15) is 0 Å². The molecule has 0 aliphatic carbocycles. The van der Waals surface area contributed by atoms with Gasteiger partial charge in [-0.25, -0.2) is 4.79 Å². The number of anilines is 1. The minimum atomic E-state index is -0.440. The van der Waals surface area contributed by atoms with Gasteiger partial charge in [0, 0.05) is 36.8 Å². The largest absolute Gasteiger partial charge is 0.465 e. The number of carbonyl (C=O) groups excluding carboxylic acids is 2. The first kappa shape index (κ1) is 23.8. The molecule has 0 fully saturated rings. The van der Waals surface area contributed by atoms with Gasteiger partial charge in [-0.3, -0.25) is 4.79 Å². The highest BCUT2D eigenvalue weighted by molar-refractivity contribution is 7.99. The third kappa shape index (κ3) is 5.13. The number of ether oxygens (including phenoxy) is 1. The lowest BCUT2D eigenvalue weighted by Crippen LogP contribution is -2.17. The van der Waals surface area contributed by atoms with Crippen molar-refractivity contribution in [1.29, 1.82) is 0 Å². The van der Waals surface area contributed by atoms with E-state index < -0.39 is 5.97 Å². The van der Waals surface area contributed by atoms with E-state index in [1.807, 2.05) is 48.4 Å². The van der Waals surface area contributed by atoms with Gasteiger partial charge >= 0.3 is 5.97 Å². The molecule has 0 atom stereocenters. The van der Waals surface area contributed by atoms with Crippen molar-refractivity contribution in [1.82, 2.24) is 19.3 Å². The van der Waals surface area contributed by atoms with E-state index >= 15 is 0 Å². The highest BCUT2D eigenvalue weighted by Gasteiger charge is 2.23. The highest BCUT2D eigenvalue weighted by Crippen LogP contribution is 2.34. The topological polar surface area (TPSA) is 91.0 Å². The molecule has 0 saturated carbocycles. The lowest BCUT2D eigenvalue weighted by Gasteiger charge is -2.09. The van der Waals surface area contributed by atoms with Crippen LogP contribution >= 0.6 is 23.1 Å². The molecular weight excluding hydrogens is 446 g/mol. The smallest absolute Gasteiger partial charge is 0.341 e. The lowest BCUT2D eigenvalue weighted by molar-refractivity contribution is -0.113. The van der Waals surface area contributed by atoms with Gasteiger partial charge in [0.1, 0.15) is 10.8 Å². The Bertz CT molecular complexity index is 1130. The number of allylic oxidation sites excluding steroid dienone is 1. The minimum absolute atomic E-state index is 0.137. The summed E-state index contributed by atoms with van der Waals surface area (Å²) in [5.41, 5.74) is 2.46. The summed E-state index contributed by atoms with van der Waals surface area (Å²) in [5.74, 6) is 0.286. The molecule has 1 N–H and O–H groups in total. The molecule has 32 heavy (non-hydrogen) atoms. The fraction of sp³-hybridized carbons (Fsp3) is 0.364. The number of thiophene rings is 1. The Morgan fingerprint density at radius 2 is 2.16 bits per heavy atom. The van der Waals surface area contributed by atoms with Crippen molar-refractivity contribution in [3.63, 3.8) is 0 Å². The third-order valence-corrected chi connectivity index (χ3v) is 7.06. The van der Waals surface area contributed by atoms with E-state index in [1.165, 1.54) is 30.2 Å². The van der Waals surface area contributed by atoms with Gasteiger partial charge in [0.05, 0.1) is 18.4 Å². The van der Waals surface area contributed by atoms with Crippen LogP contribution in [-0.4, -0.2) is 44.1 Å². The fourth-order valence-corrected chi connectivity index (χ4v) is 5.33. The molecule has 0 saturated heterocycles. The summed E-state index contributed by atoms with van der Waals surface area (Å²) in [7, 11) is 3.33. The van der Waals surface area contributed by atoms with E-state index in [2.05, 4.69) is 22.1 Å². The quantitative estimate of drug-likeness (QED) is 0.273. The van der Waals surface area contributed by atoms with Crippen molar-refractivity contribution in [2.45, 2.75) is 38.4 Å². The standard InChI is InChI=1S/C22H27N5O3S2/c1-6-10-27-17(12-15-9-8-11-26(15)4)24-25-22(27)31-13-18(28)23-20-19(21(29)30-5)16(7-2)14(3)32-20/h6,8-9,11H,1,7,10,12-13H2,2-5H3,(H,23,28). The van der Waals surface area contributed by atoms with E-state index in [-0.39, 0.29) is 11.7 Å². The number of methoxy groups -OCH3 is 1. The average Bonchev–Trinajstić information content (AvgIpc) is 3.44. The van der Waals surface area contributed by atoms with Crippen LogP contribution in [-0.2, 0) is 36.0 Å². The summed E-state index contributed by atoms with van der Waals surface area (Å²) in [4.78, 5) is 25.9. The Morgan fingerprint density at radius 3 is 2.78 bits per heavy atom. The molecule has 3 aromatic heterocycles. The number of thioether (sulfide) groups is 1. The van der Waals surface area contributed by atoms with Crippen molar-refractivity contribution in [3.8, 4) is 0 Å². The number of hydrogen-bond donors (Lipinski definition) is 1. The molecule has 0 aromatic carbocycles. The van der Waals surface area contributed by atoms with Crippen molar-refractivity contribution in [2.24, 2.45) is 7.05 Å². The Hall–Kier alpha value is -2.85. The number of aromatic nitrogens is 4. The number of hydrogen-bond acceptors (Lipinski definition) is 7. The minimum Gasteiger partial charge on any atom is -0.465 e. The lowest BCUT2D eigenvalue weighted by atomic mass is 10.1. The van der Waals surface area contributed by atoms with Crippen LogP contribution in [0.15, 0.2) is 36.1 Å². The molecular formula is C22H27N5O3S2. The first-order valence-electron chi connectivity index (χ1n) is 10.2. The molecule has 170 valence electrons. The number of rotatable bonds is 10. The first-order chi connectivity index (χ1) is 15.4. The maximum atomic E-state index is 12.7. The second-order valence-electron chi connectivity index (χ2n) is 7.11. The van der Waals surface area contributed by atoms with Crippen molar-refractivity contribution in [2.75, 3.05) is 18.2 Å². The fourth-order valence-electron chi connectivity index (χ4n) is 3.41. The SMILES string of the molecule is C=CCn1c(Cc2cccn2C)nnc1SCC(=O)Nc1sc(C)c(CC)c1C(=O)OC. The molecule has 0 aliphatic heterocycles. The maximum Gasteiger partial charge on any atom is 0.341 e. The van der Waals surface area contributed by atoms with E-state index in [1.54, 1.807) is 6.08 Å². The third-order valence-electron chi connectivity index (χ3n) is 5.03. The Kier molecular flexibility index (Phi) is 7.92. The number of nitrogens with one attached hydrogen (secondary N) is 1. The van der Waals surface area contributed by atoms with Gasteiger partial charge in [-0.05, 0) is 31.0 Å². The molecule has 0 bridgehead atoms. The van der Waals surface area contributed by atoms with Crippen LogP contribution in [0.25, 0.3) is 0 Å². The average molecular weight is 474 g/mol. The van der Waals surface area contributed by atoms with Crippen LogP contribution in [0.2, 0.25) is 0 Å². The number of carbonyl (C=O) groups is 2. The molecule has 0 aliphatic rings. The van der Waals surface area contributed by atoms with Gasteiger partial charge in [-0.15, -0.1) is 28.1 Å². The molecule has 3 rings (SSSR count). The van der Waals surface area contributed by atoms with Crippen molar-refractivity contribution in [3.05, 3.63) is 58.5 Å². The van der Waals surface area contributed by atoms with Gasteiger partial charge in [-0.1, -0.05) is 24.8 Å². The van der Waals surface area contributed by atoms with Crippen LogP contribution < -0.4 is 5.32 Å². The summed E-state index contributed by atoms with van der Waals surface area (Å²) in [5, 5.41) is 12.6. The predicted octanol–water partition coefficient (Wildman–Crippen LogP) is 3.84. The zero-order chi connectivity index (χ0) is 23.3. The van der Waals surface area contributed by atoms with Crippen LogP contribution in [0.3, 0.4) is 0 Å². The molecule has 3 aromatic rings. The zero-order valence-electron chi connectivity index (χ0n) is 18.7. The van der Waals surface area contributed by atoms with Crippen LogP contribution in [0.4, 0.5) is 5.00 Å². The molecule has 8 nitrogen and oxygen atoms in total. The van der Waals surface area contributed by atoms with Gasteiger partial charge in [0.2, 0.25) is 5.91 Å². The van der Waals surface area contributed by atoms with Crippen LogP contribution in [0.1, 0.15) is 39.2 Å². The number of esters is 1. The first-order valence-corrected chi connectivity index (χ1v) is 12.0. The van der Waals surface area contributed by atoms with Crippen molar-refractivity contribution >= 4 is 40.0 Å². The summed E-state index contributed by atoms with van der Waals surface area (Å²) >= 11 is 2.69. The zero-order valence-corrected chi connectivity index (χ0v) is 20.3. The summed E-state index contributed by atoms with van der Waals surface area (Å²) < 4.78 is 8.92. The maximum absolute atomic E-state index is 12.7. The van der Waals surface area contributed by atoms with E-state index in [0.29, 0.717) is 35.1 Å². The predicted molar refractivity (Wildman–Crippen MR) is 128 cm³/mol. The van der Waals surface area contributed by atoms with E-state index in [4.69, 9.17) is 4.74 Å². The van der Waals surface area contributed by atoms with E-state index in [0.717, 1.165) is 22.0 Å².